The zero-order chi connectivity index (χ0) is 41.8. The molecule has 4 aliphatic carbocycles. The zero-order valence-electron chi connectivity index (χ0n) is 34.2. The Balaban J connectivity index is 1.10. The number of carbonyl (C=O) groups is 4. The van der Waals surface area contributed by atoms with Crippen molar-refractivity contribution >= 4 is 55.5 Å². The van der Waals surface area contributed by atoms with Gasteiger partial charge in [0.25, 0.3) is 5.91 Å². The van der Waals surface area contributed by atoms with E-state index >= 15 is 4.79 Å². The number of ether oxygens (including phenoxy) is 3. The molecule has 9 rings (SSSR count). The molecule has 2 aliphatic heterocycles. The smallest absolute Gasteiger partial charge is 0.408 e. The Morgan fingerprint density at radius 2 is 1.72 bits per heavy atom. The number of amides is 4. The topological polar surface area (TPSA) is 182 Å². The number of hydrogen-bond acceptors (Lipinski definition) is 10. The number of para-hydroxylation sites is 1. The van der Waals surface area contributed by atoms with Crippen molar-refractivity contribution in [1.29, 1.82) is 0 Å². The molecule has 3 aromatic rings. The highest BCUT2D eigenvalue weighted by Crippen LogP contribution is 2.46. The SMILES string of the molecule is C=C[C@@H]1C[C@]1(NC(=O)[C@@H]1C[C@@H]2CN1C(=O)[C@H](C1CCCCC1)NC(=O)O[C@@H]1CCC[C@@H]1CCCc1cc3c(nc4ccccc4c3cc1OC)O2)C(=O)NS(=O)(=O)C1CC1. The van der Waals surface area contributed by atoms with Crippen LogP contribution in [0.1, 0.15) is 95.5 Å². The lowest BCUT2D eigenvalue weighted by Gasteiger charge is -2.35. The Bertz CT molecular complexity index is 2330. The average molecular weight is 842 g/mol. The molecule has 3 heterocycles. The van der Waals surface area contributed by atoms with Crippen molar-refractivity contribution in [3.8, 4) is 11.6 Å². The lowest BCUT2D eigenvalue weighted by Crippen LogP contribution is -2.59. The van der Waals surface area contributed by atoms with Crippen LogP contribution in [-0.2, 0) is 35.6 Å². The minimum atomic E-state index is -3.91. The van der Waals surface area contributed by atoms with Gasteiger partial charge in [-0.25, -0.2) is 18.2 Å². The predicted molar refractivity (Wildman–Crippen MR) is 224 cm³/mol. The second-order valence-electron chi connectivity index (χ2n) is 17.9. The Morgan fingerprint density at radius 1 is 0.950 bits per heavy atom. The minimum absolute atomic E-state index is 0.000716. The number of nitrogens with one attached hydrogen (secondary N) is 3. The maximum Gasteiger partial charge on any atom is 0.408 e. The molecule has 1 aromatic heterocycles. The number of rotatable bonds is 8. The molecule has 5 fully saturated rings. The molecule has 320 valence electrons. The van der Waals surface area contributed by atoms with Crippen LogP contribution in [0.2, 0.25) is 0 Å². The molecular weight excluding hydrogens is 787 g/mol. The van der Waals surface area contributed by atoms with Gasteiger partial charge in [0.05, 0.1) is 24.4 Å². The molecule has 14 nitrogen and oxygen atoms in total. The number of methoxy groups -OCH3 is 1. The van der Waals surface area contributed by atoms with E-state index in [1.54, 1.807) is 7.11 Å². The average Bonchev–Trinajstić information content (AvgIpc) is 4.14. The Morgan fingerprint density at radius 3 is 2.47 bits per heavy atom. The van der Waals surface area contributed by atoms with Crippen LogP contribution in [0.25, 0.3) is 21.7 Å². The molecule has 4 amide bonds. The van der Waals surface area contributed by atoms with Crippen molar-refractivity contribution in [2.75, 3.05) is 13.7 Å². The van der Waals surface area contributed by atoms with Crippen LogP contribution in [0, 0.1) is 17.8 Å². The molecule has 0 spiro atoms. The van der Waals surface area contributed by atoms with Gasteiger partial charge in [0.2, 0.25) is 27.7 Å². The Kier molecular flexibility index (Phi) is 10.9. The number of carbonyl (C=O) groups excluding carboxylic acids is 4. The molecule has 4 bridgehead atoms. The van der Waals surface area contributed by atoms with Crippen molar-refractivity contribution in [2.45, 2.75) is 131 Å². The number of nitrogens with zero attached hydrogens (tertiary/aromatic N) is 2. The van der Waals surface area contributed by atoms with Crippen molar-refractivity contribution < 1.29 is 41.8 Å². The first kappa shape index (κ1) is 40.5. The van der Waals surface area contributed by atoms with Crippen LogP contribution in [-0.4, -0.2) is 90.9 Å². The zero-order valence-corrected chi connectivity index (χ0v) is 35.0. The van der Waals surface area contributed by atoms with E-state index < -0.39 is 68.7 Å². The van der Waals surface area contributed by atoms with E-state index in [4.69, 9.17) is 19.2 Å². The van der Waals surface area contributed by atoms with Crippen LogP contribution < -0.4 is 24.8 Å². The van der Waals surface area contributed by atoms with Crippen molar-refractivity contribution in [3.63, 3.8) is 0 Å². The molecule has 0 radical (unpaired) electrons. The molecule has 4 saturated carbocycles. The van der Waals surface area contributed by atoms with Gasteiger partial charge < -0.3 is 29.7 Å². The lowest BCUT2D eigenvalue weighted by molar-refractivity contribution is -0.142. The van der Waals surface area contributed by atoms with E-state index in [1.807, 2.05) is 30.3 Å². The van der Waals surface area contributed by atoms with Crippen LogP contribution in [0.3, 0.4) is 0 Å². The summed E-state index contributed by atoms with van der Waals surface area (Å²) in [6, 6.07) is 9.83. The van der Waals surface area contributed by atoms with Crippen molar-refractivity contribution in [2.24, 2.45) is 17.8 Å². The van der Waals surface area contributed by atoms with Crippen LogP contribution in [0.5, 0.6) is 11.6 Å². The first-order chi connectivity index (χ1) is 29.0. The number of aromatic nitrogens is 1. The van der Waals surface area contributed by atoms with Crippen molar-refractivity contribution in [3.05, 3.63) is 54.6 Å². The van der Waals surface area contributed by atoms with Crippen molar-refractivity contribution in [1.82, 2.24) is 25.2 Å². The monoisotopic (exact) mass is 841 g/mol. The number of aryl methyl sites for hydroxylation is 1. The minimum Gasteiger partial charge on any atom is -0.496 e. The van der Waals surface area contributed by atoms with E-state index in [0.29, 0.717) is 24.2 Å². The number of pyridine rings is 1. The molecule has 6 aliphatic rings. The number of benzene rings is 2. The third-order valence-corrected chi connectivity index (χ3v) is 15.8. The quantitative estimate of drug-likeness (QED) is 0.191. The molecule has 0 unspecified atom stereocenters. The van der Waals surface area contributed by atoms with Gasteiger partial charge in [-0.15, -0.1) is 6.58 Å². The standard InChI is InChI=1S/C45H55N5O9S/c1-3-29-24-45(29,43(53)49-60(55,56)31-19-20-31)48-40(51)36-22-30-25-50(36)42(52)39(27-11-5-4-6-12-27)47-44(54)59-37-18-10-14-26(37)13-9-15-28-21-34-33(23-38(28)57-2)32-16-7-8-17-35(32)46-41(34)58-30/h3,7-8,16-17,21,23,26-27,29-31,36-37,39H,1,4-6,9-15,18-20,22,24-25H2,2H3,(H,47,54)(H,48,51)(H,49,53)/t26-,29+,30+,36-,37+,39-,45+/m0/s1. The number of sulfonamides is 1. The number of alkyl carbamates (subject to hydrolysis) is 1. The summed E-state index contributed by atoms with van der Waals surface area (Å²) >= 11 is 0. The fraction of sp³-hybridized carbons (Fsp3) is 0.578. The van der Waals surface area contributed by atoms with Gasteiger partial charge in [-0.05, 0) is 106 Å². The third kappa shape index (κ3) is 7.77. The third-order valence-electron chi connectivity index (χ3n) is 14.0. The van der Waals surface area contributed by atoms with Gasteiger partial charge in [0.15, 0.2) is 0 Å². The predicted octanol–water partition coefficient (Wildman–Crippen LogP) is 5.59. The maximum atomic E-state index is 15.1. The normalized spacial score (nSPS) is 30.1. The largest absolute Gasteiger partial charge is 0.496 e. The highest BCUT2D eigenvalue weighted by Gasteiger charge is 2.62. The van der Waals surface area contributed by atoms with Gasteiger partial charge >= 0.3 is 6.09 Å². The molecule has 7 atom stereocenters. The van der Waals surface area contributed by atoms with E-state index in [-0.39, 0.29) is 37.3 Å². The van der Waals surface area contributed by atoms with Crippen LogP contribution in [0.15, 0.2) is 49.1 Å². The van der Waals surface area contributed by atoms with Gasteiger partial charge in [0.1, 0.15) is 35.6 Å². The maximum absolute atomic E-state index is 15.1. The van der Waals surface area contributed by atoms with Gasteiger partial charge in [-0.3, -0.25) is 19.1 Å². The summed E-state index contributed by atoms with van der Waals surface area (Å²) in [4.78, 5) is 63.8. The highest BCUT2D eigenvalue weighted by atomic mass is 32.2. The first-order valence-electron chi connectivity index (χ1n) is 21.8. The van der Waals surface area contributed by atoms with Gasteiger partial charge in [-0.1, -0.05) is 43.5 Å². The van der Waals surface area contributed by atoms with Crippen LogP contribution in [0.4, 0.5) is 4.79 Å². The fourth-order valence-electron chi connectivity index (χ4n) is 10.4. The summed E-state index contributed by atoms with van der Waals surface area (Å²) in [6.07, 6.45) is 10.4. The summed E-state index contributed by atoms with van der Waals surface area (Å²) in [6.45, 7) is 3.84. The fourth-order valence-corrected chi connectivity index (χ4v) is 11.8. The second-order valence-corrected chi connectivity index (χ2v) is 19.8. The second kappa shape index (κ2) is 16.2. The van der Waals surface area contributed by atoms with E-state index in [1.165, 1.54) is 11.0 Å². The summed E-state index contributed by atoms with van der Waals surface area (Å²) in [5.74, 6) is -1.26. The molecule has 15 heteroatoms. The number of hydrogen-bond donors (Lipinski definition) is 3. The molecule has 3 N–H and O–H groups in total. The van der Waals surface area contributed by atoms with E-state index in [2.05, 4.69) is 28.0 Å². The van der Waals surface area contributed by atoms with Gasteiger partial charge in [-0.2, -0.15) is 0 Å². The number of fused-ring (bicyclic) bond motifs is 6. The molecule has 60 heavy (non-hydrogen) atoms. The molecular formula is C45H55N5O9S. The molecule has 1 saturated heterocycles. The lowest BCUT2D eigenvalue weighted by atomic mass is 9.83. The highest BCUT2D eigenvalue weighted by molar-refractivity contribution is 7.91. The van der Waals surface area contributed by atoms with E-state index in [0.717, 1.165) is 98.1 Å². The molecule has 2 aromatic carbocycles. The van der Waals surface area contributed by atoms with E-state index in [9.17, 15) is 22.8 Å². The summed E-state index contributed by atoms with van der Waals surface area (Å²) < 4.78 is 46.8. The summed E-state index contributed by atoms with van der Waals surface area (Å²) in [5, 5.41) is 7.85. The van der Waals surface area contributed by atoms with Crippen LogP contribution >= 0.6 is 0 Å². The first-order valence-corrected chi connectivity index (χ1v) is 23.4. The summed E-state index contributed by atoms with van der Waals surface area (Å²) in [7, 11) is -2.24. The summed E-state index contributed by atoms with van der Waals surface area (Å²) in [5.41, 5.74) is 0.155. The van der Waals surface area contributed by atoms with Gasteiger partial charge in [0, 0.05) is 28.5 Å². The Labute approximate surface area is 350 Å². The Hall–Kier alpha value is -4.92.